The molecule has 2 aromatic rings. The predicted octanol–water partition coefficient (Wildman–Crippen LogP) is 2.67. The first kappa shape index (κ1) is 16.1. The first-order valence-corrected chi connectivity index (χ1v) is 9.12. The van der Waals surface area contributed by atoms with Gasteiger partial charge in [0, 0.05) is 23.3 Å². The van der Waals surface area contributed by atoms with Crippen LogP contribution in [0.2, 0.25) is 0 Å². The zero-order valence-electron chi connectivity index (χ0n) is 13.5. The molecule has 130 valence electrons. The average Bonchev–Trinajstić information content (AvgIpc) is 3.08. The molecule has 2 amide bonds. The maximum Gasteiger partial charge on any atom is 0.319 e. The van der Waals surface area contributed by atoms with Gasteiger partial charge in [0.2, 0.25) is 6.79 Å². The van der Waals surface area contributed by atoms with Gasteiger partial charge in [-0.1, -0.05) is 24.3 Å². The van der Waals surface area contributed by atoms with Gasteiger partial charge in [0.05, 0.1) is 6.54 Å². The van der Waals surface area contributed by atoms with E-state index in [1.165, 1.54) is 0 Å². The van der Waals surface area contributed by atoms with Crippen LogP contribution in [0, 0.1) is 0 Å². The average molecular weight is 358 g/mol. The van der Waals surface area contributed by atoms with Crippen LogP contribution in [-0.2, 0) is 11.4 Å². The Labute approximate surface area is 149 Å². The summed E-state index contributed by atoms with van der Waals surface area (Å²) in [5, 5.41) is 16.5. The molecule has 0 fully saturated rings. The minimum atomic E-state index is -1.06. The summed E-state index contributed by atoms with van der Waals surface area (Å²) in [6.07, 6.45) is 0. The Morgan fingerprint density at radius 3 is 2.96 bits per heavy atom. The third kappa shape index (κ3) is 3.25. The number of amides is 2. The lowest BCUT2D eigenvalue weighted by Crippen LogP contribution is -2.45. The molecule has 3 N–H and O–H groups in total. The van der Waals surface area contributed by atoms with Gasteiger partial charge < -0.3 is 25.2 Å². The van der Waals surface area contributed by atoms with Crippen molar-refractivity contribution in [1.82, 2.24) is 5.32 Å². The lowest BCUT2D eigenvalue weighted by atomic mass is 9.91. The molecule has 0 aromatic heterocycles. The second-order valence-electron chi connectivity index (χ2n) is 6.06. The highest BCUT2D eigenvalue weighted by Crippen LogP contribution is 2.36. The van der Waals surface area contributed by atoms with Crippen LogP contribution in [0.1, 0.15) is 11.1 Å². The summed E-state index contributed by atoms with van der Waals surface area (Å²) in [5.41, 5.74) is 1.54. The summed E-state index contributed by atoms with van der Waals surface area (Å²) in [4.78, 5) is 12.2. The largest absolute Gasteiger partial charge is 0.454 e. The van der Waals surface area contributed by atoms with Crippen molar-refractivity contribution < 1.29 is 19.4 Å². The van der Waals surface area contributed by atoms with Crippen molar-refractivity contribution >= 4 is 23.5 Å². The second-order valence-corrected chi connectivity index (χ2v) is 7.04. The summed E-state index contributed by atoms with van der Waals surface area (Å²) >= 11 is 1.66. The summed E-state index contributed by atoms with van der Waals surface area (Å²) < 4.78 is 10.5. The number of nitrogens with one attached hydrogen (secondary N) is 2. The number of hydrogen-bond donors (Lipinski definition) is 3. The summed E-state index contributed by atoms with van der Waals surface area (Å²) in [7, 11) is 0. The van der Waals surface area contributed by atoms with Crippen LogP contribution in [0.5, 0.6) is 11.5 Å². The van der Waals surface area contributed by atoms with Crippen LogP contribution >= 0.6 is 11.8 Å². The zero-order valence-corrected chi connectivity index (χ0v) is 14.3. The molecule has 0 aliphatic carbocycles. The van der Waals surface area contributed by atoms with E-state index in [1.54, 1.807) is 30.0 Å². The SMILES string of the molecule is O=C(NCC1(O)CSCc2ccccc21)Nc1ccc2c(c1)OCO2. The molecular weight excluding hydrogens is 340 g/mol. The number of fused-ring (bicyclic) bond motifs is 2. The van der Waals surface area contributed by atoms with Crippen LogP contribution in [0.25, 0.3) is 0 Å². The van der Waals surface area contributed by atoms with Crippen molar-refractivity contribution in [2.24, 2.45) is 0 Å². The van der Waals surface area contributed by atoms with E-state index in [0.29, 0.717) is 22.9 Å². The molecule has 1 atom stereocenters. The van der Waals surface area contributed by atoms with Gasteiger partial charge in [-0.05, 0) is 23.3 Å². The fourth-order valence-corrected chi connectivity index (χ4v) is 4.20. The first-order valence-electron chi connectivity index (χ1n) is 7.97. The number of benzene rings is 2. The Morgan fingerprint density at radius 1 is 1.20 bits per heavy atom. The van der Waals surface area contributed by atoms with Gasteiger partial charge in [0.25, 0.3) is 0 Å². The predicted molar refractivity (Wildman–Crippen MR) is 96.1 cm³/mol. The molecular formula is C18H18N2O4S. The van der Waals surface area contributed by atoms with Crippen molar-refractivity contribution in [3.63, 3.8) is 0 Å². The van der Waals surface area contributed by atoms with E-state index in [1.807, 2.05) is 24.3 Å². The normalized spacial score (nSPS) is 20.7. The van der Waals surface area contributed by atoms with Gasteiger partial charge in [-0.15, -0.1) is 0 Å². The van der Waals surface area contributed by atoms with Crippen molar-refractivity contribution in [3.05, 3.63) is 53.6 Å². The lowest BCUT2D eigenvalue weighted by Gasteiger charge is -2.34. The van der Waals surface area contributed by atoms with Gasteiger partial charge in [-0.3, -0.25) is 0 Å². The van der Waals surface area contributed by atoms with Gasteiger partial charge in [0.1, 0.15) is 5.60 Å². The van der Waals surface area contributed by atoms with E-state index >= 15 is 0 Å². The fraction of sp³-hybridized carbons (Fsp3) is 0.278. The lowest BCUT2D eigenvalue weighted by molar-refractivity contribution is 0.0631. The van der Waals surface area contributed by atoms with Crippen LogP contribution in [0.3, 0.4) is 0 Å². The van der Waals surface area contributed by atoms with E-state index < -0.39 is 5.60 Å². The van der Waals surface area contributed by atoms with E-state index in [9.17, 15) is 9.90 Å². The molecule has 0 bridgehead atoms. The Balaban J connectivity index is 1.41. The van der Waals surface area contributed by atoms with E-state index in [-0.39, 0.29) is 19.4 Å². The molecule has 0 saturated carbocycles. The summed E-state index contributed by atoms with van der Waals surface area (Å²) in [5.74, 6) is 2.70. The molecule has 7 heteroatoms. The number of hydrogen-bond acceptors (Lipinski definition) is 5. The quantitative estimate of drug-likeness (QED) is 0.786. The topological polar surface area (TPSA) is 79.8 Å². The highest BCUT2D eigenvalue weighted by Gasteiger charge is 2.34. The molecule has 6 nitrogen and oxygen atoms in total. The molecule has 2 aromatic carbocycles. The van der Waals surface area contributed by atoms with Crippen LogP contribution in [0.4, 0.5) is 10.5 Å². The standard InChI is InChI=1S/C18H18N2O4S/c21-17(20-13-5-6-15-16(7-13)24-11-23-15)19-9-18(22)10-25-8-12-3-1-2-4-14(12)18/h1-7,22H,8-11H2,(H2,19,20,21). The third-order valence-electron chi connectivity index (χ3n) is 4.29. The van der Waals surface area contributed by atoms with E-state index in [2.05, 4.69) is 10.6 Å². The number of rotatable bonds is 3. The van der Waals surface area contributed by atoms with Crippen molar-refractivity contribution in [3.8, 4) is 11.5 Å². The monoisotopic (exact) mass is 358 g/mol. The Hall–Kier alpha value is -2.38. The van der Waals surface area contributed by atoms with Crippen molar-refractivity contribution in [1.29, 1.82) is 0 Å². The van der Waals surface area contributed by atoms with E-state index in [0.717, 1.165) is 16.9 Å². The Morgan fingerprint density at radius 2 is 2.04 bits per heavy atom. The maximum absolute atomic E-state index is 12.2. The van der Waals surface area contributed by atoms with Gasteiger partial charge >= 0.3 is 6.03 Å². The van der Waals surface area contributed by atoms with Crippen LogP contribution in [0.15, 0.2) is 42.5 Å². The molecule has 1 unspecified atom stereocenters. The molecule has 0 spiro atoms. The van der Waals surface area contributed by atoms with Crippen molar-refractivity contribution in [2.75, 3.05) is 24.4 Å². The van der Waals surface area contributed by atoms with Crippen molar-refractivity contribution in [2.45, 2.75) is 11.4 Å². The summed E-state index contributed by atoms with van der Waals surface area (Å²) in [6.45, 7) is 0.336. The molecule has 4 rings (SSSR count). The number of carbonyl (C=O) groups excluding carboxylic acids is 1. The third-order valence-corrected chi connectivity index (χ3v) is 5.49. The minimum absolute atomic E-state index is 0.146. The number of aliphatic hydroxyl groups is 1. The summed E-state index contributed by atoms with van der Waals surface area (Å²) in [6, 6.07) is 12.6. The highest BCUT2D eigenvalue weighted by atomic mass is 32.2. The number of carbonyl (C=O) groups is 1. The number of urea groups is 1. The minimum Gasteiger partial charge on any atom is -0.454 e. The molecule has 25 heavy (non-hydrogen) atoms. The number of ether oxygens (including phenoxy) is 2. The second kappa shape index (κ2) is 6.50. The van der Waals surface area contributed by atoms with Crippen LogP contribution in [-0.4, -0.2) is 30.2 Å². The molecule has 2 aliphatic heterocycles. The van der Waals surface area contributed by atoms with Crippen LogP contribution < -0.4 is 20.1 Å². The molecule has 2 heterocycles. The molecule has 2 aliphatic rings. The number of anilines is 1. The fourth-order valence-electron chi connectivity index (χ4n) is 3.03. The first-order chi connectivity index (χ1) is 12.1. The Bertz CT molecular complexity index is 813. The van der Waals surface area contributed by atoms with Gasteiger partial charge in [-0.2, -0.15) is 11.8 Å². The van der Waals surface area contributed by atoms with E-state index in [4.69, 9.17) is 9.47 Å². The number of thioether (sulfide) groups is 1. The van der Waals surface area contributed by atoms with Gasteiger partial charge in [-0.25, -0.2) is 4.79 Å². The maximum atomic E-state index is 12.2. The highest BCUT2D eigenvalue weighted by molar-refractivity contribution is 7.98. The molecule has 0 saturated heterocycles. The Kier molecular flexibility index (Phi) is 4.19. The van der Waals surface area contributed by atoms with Gasteiger partial charge in [0.15, 0.2) is 11.5 Å². The smallest absolute Gasteiger partial charge is 0.319 e. The molecule has 0 radical (unpaired) electrons. The zero-order chi connectivity index (χ0) is 17.3.